The Labute approximate surface area is 199 Å². The summed E-state index contributed by atoms with van der Waals surface area (Å²) in [6.07, 6.45) is 2.77. The topological polar surface area (TPSA) is 34.5 Å². The van der Waals surface area contributed by atoms with Gasteiger partial charge < -0.3 is 14.2 Å². The third-order valence-electron chi connectivity index (χ3n) is 5.92. The Kier molecular flexibility index (Phi) is 7.52. The molecule has 170 valence electrons. The van der Waals surface area contributed by atoms with E-state index in [4.69, 9.17) is 4.74 Å². The van der Waals surface area contributed by atoms with Gasteiger partial charge in [-0.15, -0.1) is 11.8 Å². The Morgan fingerprint density at radius 1 is 1.26 bits per heavy atom. The third-order valence-corrected chi connectivity index (χ3v) is 7.69. The minimum atomic E-state index is -0.225. The van der Waals surface area contributed by atoms with E-state index in [1.54, 1.807) is 18.9 Å². The number of hydrogen-bond acceptors (Lipinski definition) is 3. The molecule has 0 unspecified atom stereocenters. The first-order chi connectivity index (χ1) is 14.7. The number of hydrogen-bond donors (Lipinski definition) is 0. The minimum absolute atomic E-state index is 0.130. The molecule has 6 heteroatoms. The zero-order valence-corrected chi connectivity index (χ0v) is 22.3. The molecule has 0 bridgehead atoms. The van der Waals surface area contributed by atoms with Crippen LogP contribution >= 0.6 is 27.7 Å². The highest BCUT2D eigenvalue weighted by atomic mass is 79.9. The number of carbonyl (C=O) groups excluding carboxylic acids is 1. The summed E-state index contributed by atoms with van der Waals surface area (Å²) < 4.78 is 9.01. The van der Waals surface area contributed by atoms with Crippen molar-refractivity contribution in [1.29, 1.82) is 0 Å². The minimum Gasteiger partial charge on any atom is -0.496 e. The lowest BCUT2D eigenvalue weighted by atomic mass is 9.98. The van der Waals surface area contributed by atoms with Crippen LogP contribution in [0.3, 0.4) is 0 Å². The molecular weight excluding hydrogens is 472 g/mol. The van der Waals surface area contributed by atoms with Crippen molar-refractivity contribution in [2.45, 2.75) is 77.8 Å². The van der Waals surface area contributed by atoms with Gasteiger partial charge in [0.15, 0.2) is 0 Å². The van der Waals surface area contributed by atoms with Gasteiger partial charge in [0.1, 0.15) is 11.4 Å². The average Bonchev–Trinajstić information content (AvgIpc) is 2.99. The predicted octanol–water partition coefficient (Wildman–Crippen LogP) is 6.81. The van der Waals surface area contributed by atoms with Crippen molar-refractivity contribution in [3.05, 3.63) is 33.4 Å². The fraction of sp³-hybridized carbons (Fsp3) is 0.560. The van der Waals surface area contributed by atoms with Crippen LogP contribution in [0.4, 0.5) is 0 Å². The first-order valence-corrected chi connectivity index (χ1v) is 13.0. The van der Waals surface area contributed by atoms with Gasteiger partial charge in [0, 0.05) is 28.7 Å². The molecule has 1 aromatic carbocycles. The Balaban J connectivity index is 2.25. The lowest BCUT2D eigenvalue weighted by molar-refractivity contribution is 0.0586. The molecule has 1 aliphatic rings. The highest BCUT2D eigenvalue weighted by Crippen LogP contribution is 2.45. The first-order valence-electron chi connectivity index (χ1n) is 11.3. The van der Waals surface area contributed by atoms with Gasteiger partial charge in [-0.3, -0.25) is 4.79 Å². The number of methoxy groups -OCH3 is 1. The first kappa shape index (κ1) is 24.2. The number of carbonyl (C=O) groups is 1. The number of amides is 1. The number of aromatic nitrogens is 1. The highest BCUT2D eigenvalue weighted by molar-refractivity contribution is 9.10. The van der Waals surface area contributed by atoms with Crippen LogP contribution in [0.2, 0.25) is 0 Å². The molecule has 2 aromatic rings. The molecule has 0 aliphatic carbocycles. The summed E-state index contributed by atoms with van der Waals surface area (Å²) in [4.78, 5) is 17.0. The van der Waals surface area contributed by atoms with Crippen molar-refractivity contribution in [3.63, 3.8) is 0 Å². The molecule has 2 heterocycles. The lowest BCUT2D eigenvalue weighted by Gasteiger charge is -2.35. The molecule has 0 spiro atoms. The van der Waals surface area contributed by atoms with Crippen molar-refractivity contribution < 1.29 is 9.53 Å². The van der Waals surface area contributed by atoms with Crippen molar-refractivity contribution in [2.24, 2.45) is 0 Å². The van der Waals surface area contributed by atoms with Gasteiger partial charge in [-0.25, -0.2) is 0 Å². The van der Waals surface area contributed by atoms with E-state index < -0.39 is 0 Å². The largest absolute Gasteiger partial charge is 0.496 e. The third kappa shape index (κ3) is 4.43. The van der Waals surface area contributed by atoms with Crippen molar-refractivity contribution >= 4 is 33.6 Å². The van der Waals surface area contributed by atoms with Crippen molar-refractivity contribution in [1.82, 2.24) is 9.47 Å². The molecule has 4 nitrogen and oxygen atoms in total. The molecule has 0 N–H and O–H groups in total. The Hall–Kier alpha value is -1.40. The molecular formula is C25H35BrN2O2S. The molecule has 3 rings (SSSR count). The number of benzene rings is 1. The normalized spacial score (nSPS) is 13.0. The maximum absolute atomic E-state index is 13.8. The van der Waals surface area contributed by atoms with Gasteiger partial charge >= 0.3 is 0 Å². The van der Waals surface area contributed by atoms with Crippen LogP contribution in [-0.4, -0.2) is 40.3 Å². The summed E-state index contributed by atoms with van der Waals surface area (Å²) in [5.74, 6) is 2.06. The summed E-state index contributed by atoms with van der Waals surface area (Å²) in [7, 11) is 1.74. The highest BCUT2D eigenvalue weighted by Gasteiger charge is 2.35. The number of ether oxygens (including phenoxy) is 1. The fourth-order valence-corrected chi connectivity index (χ4v) is 6.20. The summed E-state index contributed by atoms with van der Waals surface area (Å²) >= 11 is 5.71. The van der Waals surface area contributed by atoms with E-state index in [0.29, 0.717) is 6.54 Å². The van der Waals surface area contributed by atoms with Crippen LogP contribution in [0.15, 0.2) is 21.5 Å². The second kappa shape index (κ2) is 9.62. The molecule has 0 saturated carbocycles. The Morgan fingerprint density at radius 2 is 1.97 bits per heavy atom. The monoisotopic (exact) mass is 506 g/mol. The van der Waals surface area contributed by atoms with Crippen LogP contribution in [0, 0.1) is 0 Å². The predicted molar refractivity (Wildman–Crippen MR) is 135 cm³/mol. The van der Waals surface area contributed by atoms with Gasteiger partial charge in [-0.2, -0.15) is 0 Å². The van der Waals surface area contributed by atoms with E-state index in [1.807, 2.05) is 4.90 Å². The summed E-state index contributed by atoms with van der Waals surface area (Å²) in [5.41, 5.74) is 5.40. The van der Waals surface area contributed by atoms with Gasteiger partial charge in [0.05, 0.1) is 17.7 Å². The standard InChI is InChI=1S/C25H35BrN2O2S/c1-8-11-17-21(26)22-18-15-20(31-10-3)19(30-7)14-16(18)12-13-27(22)23(17)24(29)28(9-2)25(4,5)6/h14-15H,8-13H2,1-7H3. The maximum Gasteiger partial charge on any atom is 0.271 e. The van der Waals surface area contributed by atoms with Crippen LogP contribution in [0.25, 0.3) is 11.3 Å². The van der Waals surface area contributed by atoms with Crippen LogP contribution in [-0.2, 0) is 19.4 Å². The molecule has 1 aromatic heterocycles. The molecule has 0 atom stereocenters. The molecule has 31 heavy (non-hydrogen) atoms. The van der Waals surface area contributed by atoms with E-state index in [0.717, 1.165) is 63.6 Å². The average molecular weight is 508 g/mol. The fourth-order valence-electron chi connectivity index (χ4n) is 4.59. The lowest BCUT2D eigenvalue weighted by Crippen LogP contribution is -2.46. The Bertz CT molecular complexity index is 975. The van der Waals surface area contributed by atoms with Crippen LogP contribution in [0.1, 0.15) is 69.6 Å². The smallest absolute Gasteiger partial charge is 0.271 e. The molecule has 0 radical (unpaired) electrons. The van der Waals surface area contributed by atoms with E-state index in [1.165, 1.54) is 11.1 Å². The second-order valence-electron chi connectivity index (χ2n) is 8.95. The number of thioether (sulfide) groups is 1. The van der Waals surface area contributed by atoms with E-state index in [9.17, 15) is 4.79 Å². The summed E-state index contributed by atoms with van der Waals surface area (Å²) in [5, 5.41) is 0. The summed E-state index contributed by atoms with van der Waals surface area (Å²) in [6, 6.07) is 4.44. The Morgan fingerprint density at radius 3 is 2.52 bits per heavy atom. The molecule has 1 amide bonds. The van der Waals surface area contributed by atoms with Gasteiger partial charge in [-0.1, -0.05) is 20.3 Å². The quantitative estimate of drug-likeness (QED) is 0.386. The molecule has 1 aliphatic heterocycles. The molecule has 0 saturated heterocycles. The van der Waals surface area contributed by atoms with Crippen LogP contribution < -0.4 is 4.74 Å². The van der Waals surface area contributed by atoms with Gasteiger partial charge in [-0.05, 0) is 85.5 Å². The summed E-state index contributed by atoms with van der Waals surface area (Å²) in [6.45, 7) is 14.2. The van der Waals surface area contributed by atoms with E-state index >= 15 is 0 Å². The zero-order chi connectivity index (χ0) is 22.9. The van der Waals surface area contributed by atoms with E-state index in [-0.39, 0.29) is 11.4 Å². The number of halogens is 1. The zero-order valence-electron chi connectivity index (χ0n) is 19.9. The van der Waals surface area contributed by atoms with Crippen LogP contribution in [0.5, 0.6) is 5.75 Å². The number of aryl methyl sites for hydroxylation is 1. The van der Waals surface area contributed by atoms with Gasteiger partial charge in [0.25, 0.3) is 5.91 Å². The maximum atomic E-state index is 13.8. The van der Waals surface area contributed by atoms with E-state index in [2.05, 4.69) is 74.2 Å². The van der Waals surface area contributed by atoms with Gasteiger partial charge in [0.2, 0.25) is 0 Å². The molecule has 0 fully saturated rings. The van der Waals surface area contributed by atoms with Crippen molar-refractivity contribution in [3.8, 4) is 17.0 Å². The number of rotatable bonds is 7. The number of nitrogens with zero attached hydrogens (tertiary/aromatic N) is 2. The van der Waals surface area contributed by atoms with Crippen molar-refractivity contribution in [2.75, 3.05) is 19.4 Å². The second-order valence-corrected chi connectivity index (χ2v) is 11.1. The number of fused-ring (bicyclic) bond motifs is 3. The SMILES string of the molecule is CCCc1c(Br)c2n(c1C(=O)N(CC)C(C)(C)C)CCc1cc(OC)c(SCC)cc1-2.